The van der Waals surface area contributed by atoms with Crippen LogP contribution in [0.4, 0.5) is 5.82 Å². The molecule has 36 heavy (non-hydrogen) atoms. The van der Waals surface area contributed by atoms with Gasteiger partial charge in [-0.1, -0.05) is 41.9 Å². The van der Waals surface area contributed by atoms with Gasteiger partial charge in [0.15, 0.2) is 10.9 Å². The second-order valence-corrected chi connectivity index (χ2v) is 11.3. The van der Waals surface area contributed by atoms with E-state index in [0.717, 1.165) is 77.7 Å². The maximum Gasteiger partial charge on any atom is 0.169 e. The van der Waals surface area contributed by atoms with Crippen molar-refractivity contribution < 1.29 is 0 Å². The second-order valence-electron chi connectivity index (χ2n) is 9.39. The summed E-state index contributed by atoms with van der Waals surface area (Å²) in [6.45, 7) is 4.25. The summed E-state index contributed by atoms with van der Waals surface area (Å²) in [5, 5.41) is 6.24. The number of aromatic nitrogens is 2. The molecule has 1 saturated heterocycles. The number of anilines is 1. The third-order valence-corrected chi connectivity index (χ3v) is 8.89. The third kappa shape index (κ3) is 4.80. The van der Waals surface area contributed by atoms with Crippen molar-refractivity contribution >= 4 is 56.3 Å². The smallest absolute Gasteiger partial charge is 0.169 e. The lowest BCUT2D eigenvalue weighted by Gasteiger charge is -2.37. The van der Waals surface area contributed by atoms with E-state index < -0.39 is 0 Å². The molecule has 1 aliphatic carbocycles. The Hall–Kier alpha value is -2.74. The van der Waals surface area contributed by atoms with Crippen LogP contribution in [0.3, 0.4) is 0 Å². The molecule has 0 bridgehead atoms. The fourth-order valence-corrected chi connectivity index (χ4v) is 6.74. The fraction of sp³-hybridized carbons (Fsp3) is 0.321. The van der Waals surface area contributed by atoms with Crippen LogP contribution in [0.25, 0.3) is 21.6 Å². The molecular formula is C28H28ClN5S2. The minimum Gasteiger partial charge on any atom is -0.358 e. The molecule has 184 valence electrons. The predicted octanol–water partition coefficient (Wildman–Crippen LogP) is 6.09. The van der Waals surface area contributed by atoms with Crippen LogP contribution in [0.1, 0.15) is 28.8 Å². The van der Waals surface area contributed by atoms with Crippen LogP contribution in [0.15, 0.2) is 54.6 Å². The monoisotopic (exact) mass is 533 g/mol. The van der Waals surface area contributed by atoms with Gasteiger partial charge in [-0.15, -0.1) is 11.3 Å². The Morgan fingerprint density at radius 2 is 1.69 bits per heavy atom. The van der Waals surface area contributed by atoms with E-state index in [1.54, 1.807) is 0 Å². The summed E-state index contributed by atoms with van der Waals surface area (Å²) < 4.78 is 0. The van der Waals surface area contributed by atoms with Crippen LogP contribution < -0.4 is 10.2 Å². The molecule has 1 N–H and O–H groups in total. The van der Waals surface area contributed by atoms with Crippen molar-refractivity contribution in [3.63, 3.8) is 0 Å². The van der Waals surface area contributed by atoms with Crippen molar-refractivity contribution in [3.8, 4) is 11.4 Å². The maximum absolute atomic E-state index is 6.14. The molecule has 2 aliphatic rings. The van der Waals surface area contributed by atoms with Gasteiger partial charge in [-0.25, -0.2) is 9.97 Å². The van der Waals surface area contributed by atoms with E-state index in [9.17, 15) is 0 Å². The molecule has 0 atom stereocenters. The summed E-state index contributed by atoms with van der Waals surface area (Å²) in [6, 6.07) is 18.2. The molecule has 0 radical (unpaired) electrons. The molecule has 2 aromatic heterocycles. The minimum absolute atomic E-state index is 0.722. The van der Waals surface area contributed by atoms with Crippen LogP contribution in [-0.4, -0.2) is 46.2 Å². The Morgan fingerprint density at radius 3 is 2.47 bits per heavy atom. The van der Waals surface area contributed by atoms with Gasteiger partial charge in [0.2, 0.25) is 0 Å². The first kappa shape index (κ1) is 23.6. The number of nitrogens with one attached hydrogen (secondary N) is 1. The van der Waals surface area contributed by atoms with Crippen molar-refractivity contribution in [1.29, 1.82) is 0 Å². The number of fused-ring (bicyclic) bond motifs is 3. The lowest BCUT2D eigenvalue weighted by atomic mass is 9.96. The van der Waals surface area contributed by atoms with E-state index in [1.165, 1.54) is 34.2 Å². The molecule has 0 amide bonds. The van der Waals surface area contributed by atoms with Gasteiger partial charge >= 0.3 is 0 Å². The lowest BCUT2D eigenvalue weighted by molar-refractivity contribution is 0.379. The van der Waals surface area contributed by atoms with Crippen LogP contribution >= 0.6 is 35.2 Å². The number of thiocarbonyl (C=S) groups is 1. The molecule has 6 rings (SSSR count). The summed E-state index contributed by atoms with van der Waals surface area (Å²) in [6.07, 6.45) is 4.78. The topological polar surface area (TPSA) is 44.3 Å². The van der Waals surface area contributed by atoms with Gasteiger partial charge < -0.3 is 15.1 Å². The maximum atomic E-state index is 6.14. The van der Waals surface area contributed by atoms with Crippen molar-refractivity contribution in [3.05, 3.63) is 75.6 Å². The summed E-state index contributed by atoms with van der Waals surface area (Å²) in [7, 11) is 0. The highest BCUT2D eigenvalue weighted by atomic mass is 35.5. The Balaban J connectivity index is 1.25. The molecule has 1 aliphatic heterocycles. The van der Waals surface area contributed by atoms with Crippen molar-refractivity contribution in [2.24, 2.45) is 0 Å². The normalized spacial score (nSPS) is 15.7. The summed E-state index contributed by atoms with van der Waals surface area (Å²) in [4.78, 5) is 17.5. The van der Waals surface area contributed by atoms with E-state index in [2.05, 4.69) is 39.4 Å². The number of hydrogen-bond acceptors (Lipinski definition) is 5. The fourth-order valence-electron chi connectivity index (χ4n) is 5.10. The van der Waals surface area contributed by atoms with Gasteiger partial charge in [0.05, 0.1) is 5.39 Å². The van der Waals surface area contributed by atoms with Gasteiger partial charge in [-0.2, -0.15) is 0 Å². The van der Waals surface area contributed by atoms with E-state index in [1.807, 2.05) is 41.7 Å². The number of nitrogens with zero attached hydrogens (tertiary/aromatic N) is 4. The molecule has 3 heterocycles. The zero-order chi connectivity index (χ0) is 24.5. The van der Waals surface area contributed by atoms with Crippen LogP contribution in [0.5, 0.6) is 0 Å². The van der Waals surface area contributed by atoms with Crippen molar-refractivity contribution in [1.82, 2.24) is 20.2 Å². The van der Waals surface area contributed by atoms with E-state index in [4.69, 9.17) is 33.8 Å². The van der Waals surface area contributed by atoms with Gasteiger partial charge in [0.25, 0.3) is 0 Å². The van der Waals surface area contributed by atoms with Crippen molar-refractivity contribution in [2.75, 3.05) is 31.1 Å². The molecule has 5 nitrogen and oxygen atoms in total. The van der Waals surface area contributed by atoms with Gasteiger partial charge in [-0.05, 0) is 73.3 Å². The first-order chi connectivity index (χ1) is 17.7. The average Bonchev–Trinajstić information content (AvgIpc) is 3.31. The standard InChI is InChI=1S/C28H28ClN5S2/c29-21-12-10-20(11-13-21)25-31-26(24-22-8-4-5-9-23(22)36-27(24)32-25)33-14-16-34(17-15-33)28(35)30-18-19-6-2-1-3-7-19/h1-3,6-7,10-13H,4-5,8-9,14-18H2,(H,30,35). The number of thiophene rings is 1. The molecule has 4 aromatic rings. The van der Waals surface area contributed by atoms with Gasteiger partial charge in [0.1, 0.15) is 10.6 Å². The van der Waals surface area contributed by atoms with Gasteiger partial charge in [0, 0.05) is 48.2 Å². The molecule has 1 fully saturated rings. The number of benzene rings is 2. The largest absolute Gasteiger partial charge is 0.358 e. The van der Waals surface area contributed by atoms with Crippen LogP contribution in [0.2, 0.25) is 5.02 Å². The molecule has 2 aromatic carbocycles. The molecule has 8 heteroatoms. The number of hydrogen-bond donors (Lipinski definition) is 1. The van der Waals surface area contributed by atoms with Gasteiger partial charge in [-0.3, -0.25) is 0 Å². The molecular weight excluding hydrogens is 506 g/mol. The van der Waals surface area contributed by atoms with Crippen molar-refractivity contribution in [2.45, 2.75) is 32.2 Å². The summed E-state index contributed by atoms with van der Waals surface area (Å²) >= 11 is 13.7. The average molecular weight is 534 g/mol. The predicted molar refractivity (Wildman–Crippen MR) is 154 cm³/mol. The lowest BCUT2D eigenvalue weighted by Crippen LogP contribution is -2.51. The molecule has 0 unspecified atom stereocenters. The Labute approximate surface area is 226 Å². The number of piperazine rings is 1. The molecule has 0 spiro atoms. The summed E-state index contributed by atoms with van der Waals surface area (Å²) in [5.74, 6) is 1.85. The Morgan fingerprint density at radius 1 is 0.944 bits per heavy atom. The quantitative estimate of drug-likeness (QED) is 0.320. The number of rotatable bonds is 4. The Bertz CT molecular complexity index is 1380. The third-order valence-electron chi connectivity index (χ3n) is 7.05. The minimum atomic E-state index is 0.722. The highest BCUT2D eigenvalue weighted by Gasteiger charge is 2.27. The first-order valence-corrected chi connectivity index (χ1v) is 14.2. The first-order valence-electron chi connectivity index (χ1n) is 12.6. The Kier molecular flexibility index (Phi) is 6.78. The van der Waals surface area contributed by atoms with E-state index in [-0.39, 0.29) is 0 Å². The highest BCUT2D eigenvalue weighted by Crippen LogP contribution is 2.41. The highest BCUT2D eigenvalue weighted by molar-refractivity contribution is 7.80. The zero-order valence-electron chi connectivity index (χ0n) is 20.0. The number of halogens is 1. The number of aryl methyl sites for hydroxylation is 2. The van der Waals surface area contributed by atoms with Crippen LogP contribution in [0, 0.1) is 0 Å². The zero-order valence-corrected chi connectivity index (χ0v) is 22.4. The summed E-state index contributed by atoms with van der Waals surface area (Å²) in [5.41, 5.74) is 3.71. The van der Waals surface area contributed by atoms with E-state index in [0.29, 0.717) is 0 Å². The van der Waals surface area contributed by atoms with Crippen LogP contribution in [-0.2, 0) is 19.4 Å². The van der Waals surface area contributed by atoms with E-state index >= 15 is 0 Å². The second kappa shape index (κ2) is 10.3. The SMILES string of the molecule is S=C(NCc1ccccc1)N1CCN(c2nc(-c3ccc(Cl)cc3)nc3sc4c(c23)CCCC4)CC1. The molecule has 0 saturated carbocycles.